The van der Waals surface area contributed by atoms with Crippen LogP contribution in [0.3, 0.4) is 0 Å². The van der Waals surface area contributed by atoms with Gasteiger partial charge in [0.15, 0.2) is 0 Å². The number of hydrogen-bond donors (Lipinski definition) is 1. The lowest BCUT2D eigenvalue weighted by molar-refractivity contribution is -0.121. The molecular formula is C24H27FN4O3. The number of likely N-dealkylation sites (tertiary alicyclic amines) is 1. The smallest absolute Gasteiger partial charge is 0.241 e. The number of halogens is 1. The second-order valence-electron chi connectivity index (χ2n) is 8.24. The van der Waals surface area contributed by atoms with Gasteiger partial charge >= 0.3 is 0 Å². The number of ether oxygens (including phenoxy) is 1. The first-order valence-electron chi connectivity index (χ1n) is 10.9. The molecule has 3 aromatic rings. The summed E-state index contributed by atoms with van der Waals surface area (Å²) < 4.78 is 24.3. The van der Waals surface area contributed by atoms with Gasteiger partial charge in [-0.2, -0.15) is 4.98 Å². The molecule has 1 saturated heterocycles. The van der Waals surface area contributed by atoms with Gasteiger partial charge in [0.2, 0.25) is 17.6 Å². The van der Waals surface area contributed by atoms with Crippen LogP contribution in [0.15, 0.2) is 53.1 Å². The first kappa shape index (κ1) is 22.0. The quantitative estimate of drug-likeness (QED) is 0.585. The summed E-state index contributed by atoms with van der Waals surface area (Å²) in [6, 6.07) is 13.4. The number of benzene rings is 2. The summed E-state index contributed by atoms with van der Waals surface area (Å²) >= 11 is 0. The van der Waals surface area contributed by atoms with Crippen LogP contribution >= 0.6 is 0 Å². The molecule has 168 valence electrons. The number of nitrogens with one attached hydrogen (secondary N) is 1. The molecule has 1 fully saturated rings. The van der Waals surface area contributed by atoms with Gasteiger partial charge in [0, 0.05) is 12.1 Å². The third-order valence-corrected chi connectivity index (χ3v) is 5.31. The SMILES string of the molecule is CC(C)Oc1ccccc1NC(=O)C1CCCN(Cc2nc(-c3ccc(F)cc3)no2)C1. The van der Waals surface area contributed by atoms with Gasteiger partial charge in [-0.3, -0.25) is 9.69 Å². The summed E-state index contributed by atoms with van der Waals surface area (Å²) in [5, 5.41) is 7.02. The predicted octanol–water partition coefficient (Wildman–Crippen LogP) is 4.51. The van der Waals surface area contributed by atoms with Crippen LogP contribution in [0.4, 0.5) is 10.1 Å². The summed E-state index contributed by atoms with van der Waals surface area (Å²) in [6.07, 6.45) is 1.74. The van der Waals surface area contributed by atoms with Crippen molar-refractivity contribution < 1.29 is 18.4 Å². The van der Waals surface area contributed by atoms with Crippen molar-refractivity contribution in [3.05, 3.63) is 60.2 Å². The molecule has 1 unspecified atom stereocenters. The molecule has 0 aliphatic carbocycles. The van der Waals surface area contributed by atoms with Crippen LogP contribution in [0.25, 0.3) is 11.4 Å². The Morgan fingerprint density at radius 3 is 2.81 bits per heavy atom. The Hall–Kier alpha value is -3.26. The van der Waals surface area contributed by atoms with Crippen LogP contribution in [-0.2, 0) is 11.3 Å². The molecule has 0 saturated carbocycles. The fourth-order valence-corrected chi connectivity index (χ4v) is 3.80. The van der Waals surface area contributed by atoms with Crippen molar-refractivity contribution in [3.8, 4) is 17.1 Å². The van der Waals surface area contributed by atoms with Gasteiger partial charge in [-0.1, -0.05) is 17.3 Å². The molecule has 1 aromatic heterocycles. The van der Waals surface area contributed by atoms with E-state index in [1.807, 2.05) is 38.1 Å². The molecule has 0 spiro atoms. The summed E-state index contributed by atoms with van der Waals surface area (Å²) in [5.41, 5.74) is 1.38. The van der Waals surface area contributed by atoms with E-state index in [9.17, 15) is 9.18 Å². The van der Waals surface area contributed by atoms with E-state index in [4.69, 9.17) is 9.26 Å². The third kappa shape index (κ3) is 5.50. The maximum absolute atomic E-state index is 13.1. The Morgan fingerprint density at radius 1 is 1.25 bits per heavy atom. The van der Waals surface area contributed by atoms with Crippen molar-refractivity contribution in [3.63, 3.8) is 0 Å². The topological polar surface area (TPSA) is 80.5 Å². The maximum Gasteiger partial charge on any atom is 0.241 e. The predicted molar refractivity (Wildman–Crippen MR) is 119 cm³/mol. The standard InChI is InChI=1S/C24H27FN4O3/c1-16(2)31-21-8-4-3-7-20(21)26-24(30)18-6-5-13-29(14-18)15-22-27-23(28-32-22)17-9-11-19(25)12-10-17/h3-4,7-12,16,18H,5-6,13-15H2,1-2H3,(H,26,30). The highest BCUT2D eigenvalue weighted by molar-refractivity contribution is 5.94. The zero-order valence-electron chi connectivity index (χ0n) is 18.3. The lowest BCUT2D eigenvalue weighted by Crippen LogP contribution is -2.40. The van der Waals surface area contributed by atoms with Crippen molar-refractivity contribution in [1.29, 1.82) is 0 Å². The third-order valence-electron chi connectivity index (χ3n) is 5.31. The number of amides is 1. The summed E-state index contributed by atoms with van der Waals surface area (Å²) in [6.45, 7) is 5.83. The van der Waals surface area contributed by atoms with E-state index in [1.54, 1.807) is 12.1 Å². The number of anilines is 1. The van der Waals surface area contributed by atoms with Crippen LogP contribution < -0.4 is 10.1 Å². The minimum Gasteiger partial charge on any atom is -0.489 e. The molecule has 1 amide bonds. The average molecular weight is 439 g/mol. The van der Waals surface area contributed by atoms with E-state index in [1.165, 1.54) is 12.1 Å². The molecule has 32 heavy (non-hydrogen) atoms. The van der Waals surface area contributed by atoms with Gasteiger partial charge in [-0.05, 0) is 69.6 Å². The molecule has 4 rings (SSSR count). The molecular weight excluding hydrogens is 411 g/mol. The second kappa shape index (κ2) is 9.91. The van der Waals surface area contributed by atoms with Gasteiger partial charge in [-0.25, -0.2) is 4.39 Å². The zero-order chi connectivity index (χ0) is 22.5. The van der Waals surface area contributed by atoms with E-state index in [0.29, 0.717) is 41.8 Å². The Labute approximate surface area is 186 Å². The van der Waals surface area contributed by atoms with E-state index >= 15 is 0 Å². The molecule has 0 radical (unpaired) electrons. The van der Waals surface area contributed by atoms with Crippen LogP contribution in [0, 0.1) is 11.7 Å². The summed E-state index contributed by atoms with van der Waals surface area (Å²) in [7, 11) is 0. The second-order valence-corrected chi connectivity index (χ2v) is 8.24. The Morgan fingerprint density at radius 2 is 2.03 bits per heavy atom. The number of piperidine rings is 1. The molecule has 1 aliphatic heterocycles. The minimum absolute atomic E-state index is 0.0208. The number of rotatable bonds is 7. The van der Waals surface area contributed by atoms with E-state index in [2.05, 4.69) is 20.4 Å². The first-order chi connectivity index (χ1) is 15.5. The number of para-hydroxylation sites is 2. The van der Waals surface area contributed by atoms with E-state index < -0.39 is 0 Å². The monoisotopic (exact) mass is 438 g/mol. The van der Waals surface area contributed by atoms with E-state index in [-0.39, 0.29) is 23.7 Å². The van der Waals surface area contributed by atoms with Crippen molar-refractivity contribution in [1.82, 2.24) is 15.0 Å². The van der Waals surface area contributed by atoms with Gasteiger partial charge in [0.05, 0.1) is 24.3 Å². The number of aromatic nitrogens is 2. The van der Waals surface area contributed by atoms with Crippen LogP contribution in [-0.4, -0.2) is 40.1 Å². The van der Waals surface area contributed by atoms with Gasteiger partial charge < -0.3 is 14.6 Å². The van der Waals surface area contributed by atoms with Crippen molar-refractivity contribution >= 4 is 11.6 Å². The lowest BCUT2D eigenvalue weighted by Gasteiger charge is -2.31. The maximum atomic E-state index is 13.1. The first-order valence-corrected chi connectivity index (χ1v) is 10.9. The van der Waals surface area contributed by atoms with E-state index in [0.717, 1.165) is 19.4 Å². The van der Waals surface area contributed by atoms with Gasteiger partial charge in [0.25, 0.3) is 0 Å². The molecule has 2 aromatic carbocycles. The molecule has 1 aliphatic rings. The molecule has 2 heterocycles. The zero-order valence-corrected chi connectivity index (χ0v) is 18.3. The largest absolute Gasteiger partial charge is 0.489 e. The minimum atomic E-state index is -0.312. The number of hydrogen-bond acceptors (Lipinski definition) is 6. The lowest BCUT2D eigenvalue weighted by atomic mass is 9.97. The highest BCUT2D eigenvalue weighted by Crippen LogP contribution is 2.27. The highest BCUT2D eigenvalue weighted by atomic mass is 19.1. The molecule has 8 heteroatoms. The average Bonchev–Trinajstić information content (AvgIpc) is 3.24. The fraction of sp³-hybridized carbons (Fsp3) is 0.375. The molecule has 7 nitrogen and oxygen atoms in total. The Bertz CT molecular complexity index is 1050. The molecule has 1 atom stereocenters. The highest BCUT2D eigenvalue weighted by Gasteiger charge is 2.27. The van der Waals surface area contributed by atoms with Crippen molar-refractivity contribution in [2.75, 3.05) is 18.4 Å². The van der Waals surface area contributed by atoms with Gasteiger partial charge in [-0.15, -0.1) is 0 Å². The van der Waals surface area contributed by atoms with Crippen LogP contribution in [0.1, 0.15) is 32.6 Å². The van der Waals surface area contributed by atoms with Crippen molar-refractivity contribution in [2.24, 2.45) is 5.92 Å². The number of carbonyl (C=O) groups excluding carboxylic acids is 1. The molecule has 1 N–H and O–H groups in total. The number of nitrogens with zero attached hydrogens (tertiary/aromatic N) is 3. The van der Waals surface area contributed by atoms with Crippen LogP contribution in [0.5, 0.6) is 5.75 Å². The molecule has 0 bridgehead atoms. The fourth-order valence-electron chi connectivity index (χ4n) is 3.80. The van der Waals surface area contributed by atoms with Crippen LogP contribution in [0.2, 0.25) is 0 Å². The number of carbonyl (C=O) groups is 1. The normalized spacial score (nSPS) is 16.8. The van der Waals surface area contributed by atoms with Gasteiger partial charge in [0.1, 0.15) is 11.6 Å². The Balaban J connectivity index is 1.37. The summed E-state index contributed by atoms with van der Waals surface area (Å²) in [4.78, 5) is 19.5. The summed E-state index contributed by atoms with van der Waals surface area (Å²) in [5.74, 6) is 1.09. The Kier molecular flexibility index (Phi) is 6.80. The van der Waals surface area contributed by atoms with Crippen molar-refractivity contribution in [2.45, 2.75) is 39.3 Å².